The molecule has 31 heavy (non-hydrogen) atoms. The molecule has 1 N–H and O–H groups in total. The highest BCUT2D eigenvalue weighted by Gasteiger charge is 2.30. The van der Waals surface area contributed by atoms with E-state index in [1.807, 2.05) is 38.3 Å². The van der Waals surface area contributed by atoms with Crippen LogP contribution in [0.1, 0.15) is 37.4 Å². The quantitative estimate of drug-likeness (QED) is 0.674. The number of ether oxygens (including phenoxy) is 3. The first kappa shape index (κ1) is 23.0. The summed E-state index contributed by atoms with van der Waals surface area (Å²) in [5.41, 5.74) is 3.43. The Morgan fingerprint density at radius 1 is 1.10 bits per heavy atom. The average molecular weight is 444 g/mol. The maximum absolute atomic E-state index is 12.9. The van der Waals surface area contributed by atoms with Crippen molar-refractivity contribution in [1.82, 2.24) is 5.32 Å². The minimum absolute atomic E-state index is 0.0481. The second-order valence-corrected chi connectivity index (χ2v) is 8.56. The molecule has 7 heteroatoms. The standard InChI is InChI=1S/C24H29NO5S/c1-13(2)24(27)25-17-9-7-14-11-19(28-3)22(29-4)23(30-5)21(14)15-8-10-20(31-6)18(26)12-16(15)17/h8,10-13,17H,7,9H2,1-6H3,(H,25,27)/t17-/m0/s1. The molecule has 1 atom stereocenters. The molecule has 0 unspecified atom stereocenters. The normalized spacial score (nSPS) is 14.9. The van der Waals surface area contributed by atoms with E-state index in [0.29, 0.717) is 35.0 Å². The summed E-state index contributed by atoms with van der Waals surface area (Å²) in [4.78, 5) is 26.1. The van der Waals surface area contributed by atoms with E-state index in [0.717, 1.165) is 22.3 Å². The van der Waals surface area contributed by atoms with Gasteiger partial charge in [0.05, 0.1) is 32.3 Å². The molecule has 6 nitrogen and oxygen atoms in total. The number of carbonyl (C=O) groups excluding carboxylic acids is 1. The van der Waals surface area contributed by atoms with Crippen molar-refractivity contribution in [2.45, 2.75) is 37.6 Å². The van der Waals surface area contributed by atoms with Gasteiger partial charge in [0.2, 0.25) is 11.7 Å². The van der Waals surface area contributed by atoms with Crippen LogP contribution in [-0.2, 0) is 11.2 Å². The van der Waals surface area contributed by atoms with Gasteiger partial charge in [-0.3, -0.25) is 9.59 Å². The molecule has 0 saturated heterocycles. The molecule has 0 spiro atoms. The van der Waals surface area contributed by atoms with Crippen LogP contribution in [-0.4, -0.2) is 33.5 Å². The van der Waals surface area contributed by atoms with Crippen LogP contribution in [0.2, 0.25) is 0 Å². The van der Waals surface area contributed by atoms with Crippen LogP contribution in [0.15, 0.2) is 34.0 Å². The number of thioether (sulfide) groups is 1. The van der Waals surface area contributed by atoms with Gasteiger partial charge >= 0.3 is 0 Å². The third-order valence-corrected chi connectivity index (χ3v) is 6.34. The fraction of sp³-hybridized carbons (Fsp3) is 0.417. The molecule has 0 heterocycles. The third kappa shape index (κ3) is 4.37. The van der Waals surface area contributed by atoms with Gasteiger partial charge in [-0.15, -0.1) is 11.8 Å². The van der Waals surface area contributed by atoms with Crippen molar-refractivity contribution in [3.8, 4) is 28.4 Å². The van der Waals surface area contributed by atoms with Crippen LogP contribution in [0.3, 0.4) is 0 Å². The van der Waals surface area contributed by atoms with Crippen LogP contribution in [0.4, 0.5) is 0 Å². The Hall–Kier alpha value is -2.67. The molecular formula is C24H29NO5S. The Balaban J connectivity index is 2.36. The summed E-state index contributed by atoms with van der Waals surface area (Å²) < 4.78 is 16.9. The highest BCUT2D eigenvalue weighted by atomic mass is 32.2. The number of carbonyl (C=O) groups is 1. The molecule has 1 amide bonds. The highest BCUT2D eigenvalue weighted by molar-refractivity contribution is 7.98. The SMILES string of the molecule is COc1cc2c(c(OC)c1OC)-c1ccc(SC)c(=O)cc1[C@@H](NC(=O)C(C)C)CC2. The Bertz CT molecular complexity index is 1050. The summed E-state index contributed by atoms with van der Waals surface area (Å²) in [7, 11) is 4.76. The second kappa shape index (κ2) is 9.64. The van der Waals surface area contributed by atoms with E-state index in [-0.39, 0.29) is 23.3 Å². The van der Waals surface area contributed by atoms with Gasteiger partial charge in [-0.05, 0) is 54.0 Å². The summed E-state index contributed by atoms with van der Waals surface area (Å²) in [5.74, 6) is 1.43. The zero-order valence-electron chi connectivity index (χ0n) is 18.8. The van der Waals surface area contributed by atoms with Crippen molar-refractivity contribution in [3.05, 3.63) is 45.6 Å². The minimum Gasteiger partial charge on any atom is -0.493 e. The van der Waals surface area contributed by atoms with Crippen LogP contribution in [0, 0.1) is 5.92 Å². The van der Waals surface area contributed by atoms with Crippen molar-refractivity contribution >= 4 is 17.7 Å². The fourth-order valence-corrected chi connectivity index (χ4v) is 4.42. The molecule has 0 bridgehead atoms. The lowest BCUT2D eigenvalue weighted by Crippen LogP contribution is -2.32. The molecule has 1 aliphatic carbocycles. The molecule has 0 aromatic heterocycles. The summed E-state index contributed by atoms with van der Waals surface area (Å²) in [6, 6.07) is 7.08. The van der Waals surface area contributed by atoms with E-state index in [1.165, 1.54) is 11.8 Å². The number of nitrogens with one attached hydrogen (secondary N) is 1. The zero-order chi connectivity index (χ0) is 22.7. The summed E-state index contributed by atoms with van der Waals surface area (Å²) in [6.07, 6.45) is 3.20. The van der Waals surface area contributed by atoms with Crippen molar-refractivity contribution in [1.29, 1.82) is 0 Å². The van der Waals surface area contributed by atoms with Gasteiger partial charge in [-0.2, -0.15) is 0 Å². The molecule has 166 valence electrons. The number of rotatable bonds is 6. The van der Waals surface area contributed by atoms with E-state index >= 15 is 0 Å². The van der Waals surface area contributed by atoms with Crippen LogP contribution >= 0.6 is 11.8 Å². The molecule has 3 rings (SSSR count). The molecule has 0 fully saturated rings. The first-order valence-electron chi connectivity index (χ1n) is 10.2. The predicted octanol–water partition coefficient (Wildman–Crippen LogP) is 4.22. The summed E-state index contributed by atoms with van der Waals surface area (Å²) in [6.45, 7) is 3.71. The van der Waals surface area contributed by atoms with E-state index in [1.54, 1.807) is 27.4 Å². The third-order valence-electron chi connectivity index (χ3n) is 5.56. The largest absolute Gasteiger partial charge is 0.493 e. The molecule has 0 saturated carbocycles. The van der Waals surface area contributed by atoms with Gasteiger partial charge in [-0.25, -0.2) is 0 Å². The van der Waals surface area contributed by atoms with Crippen LogP contribution < -0.4 is 25.0 Å². The van der Waals surface area contributed by atoms with Crippen molar-refractivity contribution < 1.29 is 19.0 Å². The molecular weight excluding hydrogens is 414 g/mol. The Morgan fingerprint density at radius 3 is 2.39 bits per heavy atom. The second-order valence-electron chi connectivity index (χ2n) is 7.71. The number of hydrogen-bond acceptors (Lipinski definition) is 6. The number of fused-ring (bicyclic) bond motifs is 3. The zero-order valence-corrected chi connectivity index (χ0v) is 19.6. The number of amides is 1. The van der Waals surface area contributed by atoms with Gasteiger partial charge in [0.1, 0.15) is 0 Å². The van der Waals surface area contributed by atoms with E-state index in [9.17, 15) is 9.59 Å². The molecule has 0 aliphatic heterocycles. The van der Waals surface area contributed by atoms with Crippen molar-refractivity contribution in [2.75, 3.05) is 27.6 Å². The average Bonchev–Trinajstić information content (AvgIpc) is 3.00. The lowest BCUT2D eigenvalue weighted by Gasteiger charge is -2.20. The Morgan fingerprint density at radius 2 is 1.81 bits per heavy atom. The number of benzene rings is 1. The summed E-state index contributed by atoms with van der Waals surface area (Å²) in [5, 5.41) is 3.13. The smallest absolute Gasteiger partial charge is 0.223 e. The molecule has 2 aromatic rings. The lowest BCUT2D eigenvalue weighted by atomic mass is 9.95. The maximum atomic E-state index is 12.9. The number of methoxy groups -OCH3 is 3. The van der Waals surface area contributed by atoms with Crippen LogP contribution in [0.25, 0.3) is 11.1 Å². The lowest BCUT2D eigenvalue weighted by molar-refractivity contribution is -0.124. The Labute approximate surface area is 187 Å². The van der Waals surface area contributed by atoms with Gasteiger partial charge in [0, 0.05) is 11.5 Å². The fourth-order valence-electron chi connectivity index (χ4n) is 3.96. The first-order chi connectivity index (χ1) is 14.9. The molecule has 0 radical (unpaired) electrons. The van der Waals surface area contributed by atoms with E-state index in [2.05, 4.69) is 5.32 Å². The first-order valence-corrected chi connectivity index (χ1v) is 11.4. The number of hydrogen-bond donors (Lipinski definition) is 1. The highest BCUT2D eigenvalue weighted by Crippen LogP contribution is 2.50. The van der Waals surface area contributed by atoms with Gasteiger partial charge in [0.25, 0.3) is 0 Å². The maximum Gasteiger partial charge on any atom is 0.223 e. The summed E-state index contributed by atoms with van der Waals surface area (Å²) >= 11 is 1.40. The van der Waals surface area contributed by atoms with Crippen LogP contribution in [0.5, 0.6) is 17.2 Å². The molecule has 2 aromatic carbocycles. The molecule has 1 aliphatic rings. The van der Waals surface area contributed by atoms with Gasteiger partial charge in [0.15, 0.2) is 16.9 Å². The number of aryl methyl sites for hydroxylation is 1. The van der Waals surface area contributed by atoms with E-state index in [4.69, 9.17) is 14.2 Å². The van der Waals surface area contributed by atoms with E-state index < -0.39 is 0 Å². The van der Waals surface area contributed by atoms with Crippen molar-refractivity contribution in [3.63, 3.8) is 0 Å². The predicted molar refractivity (Wildman–Crippen MR) is 124 cm³/mol. The van der Waals surface area contributed by atoms with Gasteiger partial charge < -0.3 is 19.5 Å². The minimum atomic E-state index is -0.297. The topological polar surface area (TPSA) is 73.9 Å². The van der Waals surface area contributed by atoms with Crippen molar-refractivity contribution in [2.24, 2.45) is 5.92 Å². The van der Waals surface area contributed by atoms with Gasteiger partial charge in [-0.1, -0.05) is 19.9 Å². The monoisotopic (exact) mass is 443 g/mol. The Kier molecular flexibility index (Phi) is 7.15.